The Bertz CT molecular complexity index is 30.7. The number of hydrogen-bond donors (Lipinski definition) is 1. The van der Waals surface area contributed by atoms with Gasteiger partial charge in [-0.2, -0.15) is 0 Å². The fourth-order valence-corrected chi connectivity index (χ4v) is 0. The minimum Gasteiger partial charge on any atom is -0.327 e. The van der Waals surface area contributed by atoms with Crippen molar-refractivity contribution in [2.24, 2.45) is 5.73 Å². The van der Waals surface area contributed by atoms with Gasteiger partial charge in [0, 0.05) is 10.9 Å². The Balaban J connectivity index is 0. The van der Waals surface area contributed by atoms with Crippen molar-refractivity contribution in [3.8, 4) is 0 Å². The molecule has 0 aromatic carbocycles. The van der Waals surface area contributed by atoms with Gasteiger partial charge < -0.3 is 5.73 Å². The molecule has 3 heteroatoms. The number of hydrogen-bond acceptors (Lipinski definition) is 1. The first-order valence-corrected chi connectivity index (χ1v) is 2.96. The van der Waals surface area contributed by atoms with Crippen molar-refractivity contribution in [3.63, 3.8) is 0 Å². The fourth-order valence-electron chi connectivity index (χ4n) is 0. The molecule has 0 fully saturated rings. The van der Waals surface area contributed by atoms with E-state index >= 15 is 0 Å². The van der Waals surface area contributed by atoms with Crippen LogP contribution in [0.3, 0.4) is 0 Å². The second kappa shape index (κ2) is 5.06. The molecule has 0 aliphatic carbocycles. The van der Waals surface area contributed by atoms with Crippen LogP contribution in [-0.2, 0) is 0 Å². The SMILES string of the molecule is Br.CC(N)C(C)Br. The van der Waals surface area contributed by atoms with E-state index in [1.807, 2.05) is 13.8 Å². The molecular formula is C4H11Br2N. The molecule has 0 aliphatic rings. The molecule has 0 aromatic rings. The molecule has 0 bridgehead atoms. The molecule has 0 saturated carbocycles. The van der Waals surface area contributed by atoms with Crippen LogP contribution in [0.1, 0.15) is 13.8 Å². The van der Waals surface area contributed by atoms with Crippen LogP contribution in [0, 0.1) is 0 Å². The number of alkyl halides is 1. The Kier molecular flexibility index (Phi) is 7.83. The highest BCUT2D eigenvalue weighted by Gasteiger charge is 1.98. The topological polar surface area (TPSA) is 26.0 Å². The van der Waals surface area contributed by atoms with Gasteiger partial charge in [0.15, 0.2) is 0 Å². The number of halogens is 2. The van der Waals surface area contributed by atoms with E-state index in [-0.39, 0.29) is 23.0 Å². The van der Waals surface area contributed by atoms with E-state index in [2.05, 4.69) is 15.9 Å². The van der Waals surface area contributed by atoms with Gasteiger partial charge >= 0.3 is 0 Å². The van der Waals surface area contributed by atoms with Crippen LogP contribution >= 0.6 is 32.9 Å². The summed E-state index contributed by atoms with van der Waals surface area (Å²) in [5.74, 6) is 0. The lowest BCUT2D eigenvalue weighted by Gasteiger charge is -2.03. The smallest absolute Gasteiger partial charge is 0.0266 e. The quantitative estimate of drug-likeness (QED) is 0.685. The van der Waals surface area contributed by atoms with Crippen molar-refractivity contribution in [3.05, 3.63) is 0 Å². The summed E-state index contributed by atoms with van der Waals surface area (Å²) in [6.45, 7) is 4.00. The zero-order valence-electron chi connectivity index (χ0n) is 4.52. The van der Waals surface area contributed by atoms with Crippen molar-refractivity contribution in [2.45, 2.75) is 24.7 Å². The minimum absolute atomic E-state index is 0. The van der Waals surface area contributed by atoms with Crippen LogP contribution in [0.5, 0.6) is 0 Å². The third-order valence-corrected chi connectivity index (χ3v) is 1.56. The van der Waals surface area contributed by atoms with Crippen LogP contribution in [0.4, 0.5) is 0 Å². The maximum absolute atomic E-state index is 5.39. The van der Waals surface area contributed by atoms with E-state index in [4.69, 9.17) is 5.73 Å². The van der Waals surface area contributed by atoms with E-state index in [0.717, 1.165) is 0 Å². The molecule has 0 amide bonds. The highest BCUT2D eigenvalue weighted by atomic mass is 79.9. The average molecular weight is 233 g/mol. The highest BCUT2D eigenvalue weighted by molar-refractivity contribution is 9.09. The lowest BCUT2D eigenvalue weighted by Crippen LogP contribution is -2.23. The first-order valence-electron chi connectivity index (χ1n) is 2.04. The van der Waals surface area contributed by atoms with E-state index < -0.39 is 0 Å². The van der Waals surface area contributed by atoms with Crippen molar-refractivity contribution in [2.75, 3.05) is 0 Å². The van der Waals surface area contributed by atoms with Crippen LogP contribution in [0.15, 0.2) is 0 Å². The number of nitrogens with two attached hydrogens (primary N) is 1. The van der Waals surface area contributed by atoms with Crippen LogP contribution in [0.2, 0.25) is 0 Å². The van der Waals surface area contributed by atoms with Gasteiger partial charge in [-0.05, 0) is 6.92 Å². The van der Waals surface area contributed by atoms with Gasteiger partial charge in [0.2, 0.25) is 0 Å². The van der Waals surface area contributed by atoms with Crippen molar-refractivity contribution in [1.82, 2.24) is 0 Å². The molecule has 1 nitrogen and oxygen atoms in total. The Labute approximate surface area is 63.6 Å². The largest absolute Gasteiger partial charge is 0.327 e. The van der Waals surface area contributed by atoms with E-state index in [0.29, 0.717) is 4.83 Å². The zero-order chi connectivity index (χ0) is 5.15. The van der Waals surface area contributed by atoms with Crippen molar-refractivity contribution in [1.29, 1.82) is 0 Å². The number of rotatable bonds is 1. The summed E-state index contributed by atoms with van der Waals surface area (Å²) in [6.07, 6.45) is 0. The summed E-state index contributed by atoms with van der Waals surface area (Å²) in [4.78, 5) is 0.442. The van der Waals surface area contributed by atoms with Gasteiger partial charge in [-0.15, -0.1) is 17.0 Å². The second-order valence-electron chi connectivity index (χ2n) is 1.54. The molecule has 2 N–H and O–H groups in total. The predicted molar refractivity (Wildman–Crippen MR) is 42.4 cm³/mol. The zero-order valence-corrected chi connectivity index (χ0v) is 7.82. The van der Waals surface area contributed by atoms with Gasteiger partial charge in [0.25, 0.3) is 0 Å². The van der Waals surface area contributed by atoms with Crippen molar-refractivity contribution >= 4 is 32.9 Å². The van der Waals surface area contributed by atoms with E-state index in [1.165, 1.54) is 0 Å². The van der Waals surface area contributed by atoms with Crippen LogP contribution in [-0.4, -0.2) is 10.9 Å². The van der Waals surface area contributed by atoms with Gasteiger partial charge in [-0.3, -0.25) is 0 Å². The first-order chi connectivity index (χ1) is 2.64. The molecule has 0 radical (unpaired) electrons. The molecule has 2 atom stereocenters. The third-order valence-electron chi connectivity index (χ3n) is 0.725. The van der Waals surface area contributed by atoms with Gasteiger partial charge in [0.1, 0.15) is 0 Å². The molecule has 46 valence electrons. The maximum atomic E-state index is 5.39. The summed E-state index contributed by atoms with van der Waals surface area (Å²) >= 11 is 3.31. The molecule has 7 heavy (non-hydrogen) atoms. The maximum Gasteiger partial charge on any atom is 0.0266 e. The van der Waals surface area contributed by atoms with Crippen molar-refractivity contribution < 1.29 is 0 Å². The summed E-state index contributed by atoms with van der Waals surface area (Å²) in [5, 5.41) is 0. The Morgan fingerprint density at radius 2 is 1.57 bits per heavy atom. The highest BCUT2D eigenvalue weighted by Crippen LogP contribution is 1.98. The fraction of sp³-hybridized carbons (Fsp3) is 1.00. The van der Waals surface area contributed by atoms with Gasteiger partial charge in [-0.25, -0.2) is 0 Å². The Hall–Kier alpha value is 0.920. The van der Waals surface area contributed by atoms with Crippen LogP contribution < -0.4 is 5.73 Å². The second-order valence-corrected chi connectivity index (χ2v) is 2.98. The minimum atomic E-state index is 0. The Morgan fingerprint density at radius 1 is 1.43 bits per heavy atom. The average Bonchev–Trinajstić information content (AvgIpc) is 1.36. The monoisotopic (exact) mass is 231 g/mol. The molecule has 0 heterocycles. The summed E-state index contributed by atoms with van der Waals surface area (Å²) in [7, 11) is 0. The lowest BCUT2D eigenvalue weighted by atomic mass is 10.3. The molecule has 0 aromatic heterocycles. The van der Waals surface area contributed by atoms with Gasteiger partial charge in [-0.1, -0.05) is 22.9 Å². The third kappa shape index (κ3) is 6.92. The molecule has 0 spiro atoms. The van der Waals surface area contributed by atoms with E-state index in [1.54, 1.807) is 0 Å². The predicted octanol–water partition coefficient (Wildman–Crippen LogP) is 1.69. The summed E-state index contributed by atoms with van der Waals surface area (Å²) in [6, 6.07) is 0.269. The molecule has 0 aliphatic heterocycles. The molecule has 0 rings (SSSR count). The normalized spacial score (nSPS) is 17.1. The standard InChI is InChI=1S/C4H10BrN.BrH/c1-3(5)4(2)6;/h3-4H,6H2,1-2H3;1H. The van der Waals surface area contributed by atoms with Crippen LogP contribution in [0.25, 0.3) is 0 Å². The first kappa shape index (κ1) is 10.8. The van der Waals surface area contributed by atoms with E-state index in [9.17, 15) is 0 Å². The molecule has 2 unspecified atom stereocenters. The Morgan fingerprint density at radius 3 is 1.57 bits per heavy atom. The molecule has 0 saturated heterocycles. The summed E-state index contributed by atoms with van der Waals surface area (Å²) in [5.41, 5.74) is 5.39. The van der Waals surface area contributed by atoms with Gasteiger partial charge in [0.05, 0.1) is 0 Å². The lowest BCUT2D eigenvalue weighted by molar-refractivity contribution is 0.740. The summed E-state index contributed by atoms with van der Waals surface area (Å²) < 4.78 is 0. The molecular weight excluding hydrogens is 222 g/mol.